The van der Waals surface area contributed by atoms with Crippen LogP contribution in [0.5, 0.6) is 0 Å². The van der Waals surface area contributed by atoms with E-state index in [0.29, 0.717) is 6.04 Å². The first-order valence-corrected chi connectivity index (χ1v) is 6.92. The molecule has 1 saturated heterocycles. The molecule has 1 aromatic rings. The standard InChI is InChI=1S/C14H20BrNO/c1-10-4-5-11(8-13(10)15)16-12-6-7-17-14(2,3)9-12/h4-5,8,12,16H,6-7,9H2,1-3H3. The molecule has 0 saturated carbocycles. The maximum absolute atomic E-state index is 5.73. The van der Waals surface area contributed by atoms with Gasteiger partial charge in [-0.1, -0.05) is 22.0 Å². The lowest BCUT2D eigenvalue weighted by Crippen LogP contribution is -2.40. The van der Waals surface area contributed by atoms with E-state index < -0.39 is 0 Å². The van der Waals surface area contributed by atoms with Crippen LogP contribution in [0, 0.1) is 6.92 Å². The molecule has 1 atom stereocenters. The first kappa shape index (κ1) is 12.9. The average molecular weight is 298 g/mol. The fraction of sp³-hybridized carbons (Fsp3) is 0.571. The molecule has 1 aromatic carbocycles. The number of hydrogen-bond acceptors (Lipinski definition) is 2. The Morgan fingerprint density at radius 2 is 2.18 bits per heavy atom. The number of benzene rings is 1. The van der Waals surface area contributed by atoms with Crippen molar-refractivity contribution >= 4 is 21.6 Å². The molecule has 3 heteroatoms. The van der Waals surface area contributed by atoms with Crippen LogP contribution >= 0.6 is 15.9 Å². The molecule has 1 aliphatic heterocycles. The van der Waals surface area contributed by atoms with Crippen molar-refractivity contribution in [2.24, 2.45) is 0 Å². The quantitative estimate of drug-likeness (QED) is 0.886. The molecule has 1 aliphatic rings. The summed E-state index contributed by atoms with van der Waals surface area (Å²) in [6, 6.07) is 6.94. The predicted molar refractivity (Wildman–Crippen MR) is 75.6 cm³/mol. The lowest BCUT2D eigenvalue weighted by atomic mass is 9.94. The second-order valence-electron chi connectivity index (χ2n) is 5.41. The number of nitrogens with one attached hydrogen (secondary N) is 1. The molecule has 0 radical (unpaired) electrons. The summed E-state index contributed by atoms with van der Waals surface area (Å²) in [5.74, 6) is 0. The van der Waals surface area contributed by atoms with E-state index in [1.54, 1.807) is 0 Å². The summed E-state index contributed by atoms with van der Waals surface area (Å²) in [5, 5.41) is 3.59. The van der Waals surface area contributed by atoms with E-state index in [1.165, 1.54) is 11.3 Å². The number of ether oxygens (including phenoxy) is 1. The van der Waals surface area contributed by atoms with Crippen LogP contribution in [0.1, 0.15) is 32.3 Å². The second kappa shape index (κ2) is 4.99. The Morgan fingerprint density at radius 1 is 1.41 bits per heavy atom. The Labute approximate surface area is 112 Å². The minimum absolute atomic E-state index is 0.00214. The van der Waals surface area contributed by atoms with Gasteiger partial charge in [0.25, 0.3) is 0 Å². The van der Waals surface area contributed by atoms with Crippen LogP contribution in [0.25, 0.3) is 0 Å². The summed E-state index contributed by atoms with van der Waals surface area (Å²) in [4.78, 5) is 0. The first-order chi connectivity index (χ1) is 7.96. The fourth-order valence-electron chi connectivity index (χ4n) is 2.27. The van der Waals surface area contributed by atoms with Crippen LogP contribution in [-0.2, 0) is 4.74 Å². The fourth-order valence-corrected chi connectivity index (χ4v) is 2.65. The predicted octanol–water partition coefficient (Wildman–Crippen LogP) is 4.13. The zero-order chi connectivity index (χ0) is 12.5. The third kappa shape index (κ3) is 3.46. The Balaban J connectivity index is 2.03. The minimum atomic E-state index is -0.00214. The Hall–Kier alpha value is -0.540. The largest absolute Gasteiger partial charge is 0.382 e. The van der Waals surface area contributed by atoms with Gasteiger partial charge < -0.3 is 10.1 Å². The molecule has 94 valence electrons. The van der Waals surface area contributed by atoms with E-state index in [-0.39, 0.29) is 5.60 Å². The lowest BCUT2D eigenvalue weighted by Gasteiger charge is -2.36. The zero-order valence-electron chi connectivity index (χ0n) is 10.7. The number of hydrogen-bond donors (Lipinski definition) is 1. The summed E-state index contributed by atoms with van der Waals surface area (Å²) >= 11 is 3.57. The van der Waals surface area contributed by atoms with Crippen LogP contribution < -0.4 is 5.32 Å². The van der Waals surface area contributed by atoms with Crippen molar-refractivity contribution in [3.8, 4) is 0 Å². The summed E-state index contributed by atoms with van der Waals surface area (Å²) in [7, 11) is 0. The number of anilines is 1. The molecule has 17 heavy (non-hydrogen) atoms. The average Bonchev–Trinajstić information content (AvgIpc) is 2.22. The van der Waals surface area contributed by atoms with Crippen LogP contribution in [-0.4, -0.2) is 18.2 Å². The molecule has 0 aromatic heterocycles. The van der Waals surface area contributed by atoms with Gasteiger partial charge in [-0.15, -0.1) is 0 Å². The van der Waals surface area contributed by atoms with Gasteiger partial charge in [0.2, 0.25) is 0 Å². The van der Waals surface area contributed by atoms with Gasteiger partial charge >= 0.3 is 0 Å². The molecule has 0 aliphatic carbocycles. The normalized spacial score (nSPS) is 23.4. The molecule has 0 amide bonds. The van der Waals surface area contributed by atoms with Crippen molar-refractivity contribution in [2.45, 2.75) is 45.3 Å². The van der Waals surface area contributed by atoms with Crippen molar-refractivity contribution in [1.82, 2.24) is 0 Å². The van der Waals surface area contributed by atoms with Gasteiger partial charge in [0.05, 0.1) is 5.60 Å². The summed E-state index contributed by atoms with van der Waals surface area (Å²) in [6.45, 7) is 7.26. The smallest absolute Gasteiger partial charge is 0.0646 e. The molecular weight excluding hydrogens is 278 g/mol. The van der Waals surface area contributed by atoms with Gasteiger partial charge in [-0.25, -0.2) is 0 Å². The van der Waals surface area contributed by atoms with Crippen LogP contribution in [0.2, 0.25) is 0 Å². The van der Waals surface area contributed by atoms with Crippen LogP contribution in [0.3, 0.4) is 0 Å². The summed E-state index contributed by atoms with van der Waals surface area (Å²) in [5.41, 5.74) is 2.45. The molecule has 2 nitrogen and oxygen atoms in total. The number of aryl methyl sites for hydroxylation is 1. The Kier molecular flexibility index (Phi) is 3.79. The van der Waals surface area contributed by atoms with Crippen molar-refractivity contribution in [1.29, 1.82) is 0 Å². The summed E-state index contributed by atoms with van der Waals surface area (Å²) < 4.78 is 6.89. The maximum atomic E-state index is 5.73. The highest BCUT2D eigenvalue weighted by Crippen LogP contribution is 2.27. The SMILES string of the molecule is Cc1ccc(NC2CCOC(C)(C)C2)cc1Br. The molecule has 0 bridgehead atoms. The van der Waals surface area contributed by atoms with E-state index in [2.05, 4.69) is 60.2 Å². The molecular formula is C14H20BrNO. The van der Waals surface area contributed by atoms with Crippen molar-refractivity contribution in [3.05, 3.63) is 28.2 Å². The van der Waals surface area contributed by atoms with Gasteiger partial charge in [-0.3, -0.25) is 0 Å². The maximum Gasteiger partial charge on any atom is 0.0646 e. The van der Waals surface area contributed by atoms with Crippen molar-refractivity contribution in [2.75, 3.05) is 11.9 Å². The van der Waals surface area contributed by atoms with Crippen LogP contribution in [0.15, 0.2) is 22.7 Å². The van der Waals surface area contributed by atoms with E-state index >= 15 is 0 Å². The molecule has 1 unspecified atom stereocenters. The van der Waals surface area contributed by atoms with Gasteiger partial charge in [0.1, 0.15) is 0 Å². The highest BCUT2D eigenvalue weighted by molar-refractivity contribution is 9.10. The zero-order valence-corrected chi connectivity index (χ0v) is 12.3. The summed E-state index contributed by atoms with van der Waals surface area (Å²) in [6.07, 6.45) is 2.13. The van der Waals surface area contributed by atoms with Gasteiger partial charge in [-0.05, 0) is 51.3 Å². The molecule has 1 fully saturated rings. The van der Waals surface area contributed by atoms with E-state index in [9.17, 15) is 0 Å². The van der Waals surface area contributed by atoms with E-state index in [4.69, 9.17) is 4.74 Å². The molecule has 1 N–H and O–H groups in total. The Bertz CT molecular complexity index is 403. The highest BCUT2D eigenvalue weighted by atomic mass is 79.9. The molecule has 1 heterocycles. The third-order valence-corrected chi connectivity index (χ3v) is 4.09. The van der Waals surface area contributed by atoms with Gasteiger partial charge in [0, 0.05) is 22.8 Å². The van der Waals surface area contributed by atoms with Gasteiger partial charge in [-0.2, -0.15) is 0 Å². The lowest BCUT2D eigenvalue weighted by molar-refractivity contribution is -0.0553. The third-order valence-electron chi connectivity index (χ3n) is 3.24. The van der Waals surface area contributed by atoms with Crippen molar-refractivity contribution < 1.29 is 4.74 Å². The topological polar surface area (TPSA) is 21.3 Å². The number of rotatable bonds is 2. The van der Waals surface area contributed by atoms with E-state index in [1.807, 2.05) is 0 Å². The second-order valence-corrected chi connectivity index (χ2v) is 6.26. The first-order valence-electron chi connectivity index (χ1n) is 6.13. The van der Waals surface area contributed by atoms with Crippen LogP contribution in [0.4, 0.5) is 5.69 Å². The Morgan fingerprint density at radius 3 is 2.82 bits per heavy atom. The number of halogens is 1. The van der Waals surface area contributed by atoms with E-state index in [0.717, 1.165) is 23.9 Å². The van der Waals surface area contributed by atoms with Crippen molar-refractivity contribution in [3.63, 3.8) is 0 Å². The molecule has 0 spiro atoms. The molecule has 2 rings (SSSR count). The van der Waals surface area contributed by atoms with Gasteiger partial charge in [0.15, 0.2) is 0 Å². The monoisotopic (exact) mass is 297 g/mol. The highest BCUT2D eigenvalue weighted by Gasteiger charge is 2.28. The minimum Gasteiger partial charge on any atom is -0.382 e.